The number of ether oxygens (including phenoxy) is 2. The SMILES string of the molecule is CC1CCN(CC(N)c2ccc3c(c2)OCO3)CC1C. The van der Waals surface area contributed by atoms with Crippen molar-refractivity contribution in [2.45, 2.75) is 26.3 Å². The van der Waals surface area contributed by atoms with E-state index in [0.717, 1.165) is 48.5 Å². The zero-order chi connectivity index (χ0) is 14.1. The van der Waals surface area contributed by atoms with Gasteiger partial charge >= 0.3 is 0 Å². The van der Waals surface area contributed by atoms with Crippen LogP contribution in [0.15, 0.2) is 18.2 Å². The second kappa shape index (κ2) is 5.62. The maximum absolute atomic E-state index is 6.36. The van der Waals surface area contributed by atoms with Crippen molar-refractivity contribution in [2.75, 3.05) is 26.4 Å². The van der Waals surface area contributed by atoms with Crippen molar-refractivity contribution in [3.63, 3.8) is 0 Å². The third-order valence-electron chi connectivity index (χ3n) is 4.70. The van der Waals surface area contributed by atoms with Crippen LogP contribution in [0.2, 0.25) is 0 Å². The Balaban J connectivity index is 1.63. The van der Waals surface area contributed by atoms with E-state index in [1.165, 1.54) is 6.42 Å². The first-order valence-electron chi connectivity index (χ1n) is 7.51. The fraction of sp³-hybridized carbons (Fsp3) is 0.625. The molecular formula is C16H24N2O2. The average Bonchev–Trinajstić information content (AvgIpc) is 2.90. The van der Waals surface area contributed by atoms with Gasteiger partial charge in [-0.15, -0.1) is 0 Å². The molecule has 1 aromatic rings. The van der Waals surface area contributed by atoms with Crippen LogP contribution < -0.4 is 15.2 Å². The lowest BCUT2D eigenvalue weighted by atomic mass is 9.88. The van der Waals surface area contributed by atoms with Crippen LogP contribution in [0, 0.1) is 11.8 Å². The van der Waals surface area contributed by atoms with Gasteiger partial charge in [0.15, 0.2) is 11.5 Å². The van der Waals surface area contributed by atoms with Crippen molar-refractivity contribution >= 4 is 0 Å². The van der Waals surface area contributed by atoms with E-state index >= 15 is 0 Å². The van der Waals surface area contributed by atoms with Gasteiger partial charge < -0.3 is 20.1 Å². The molecule has 0 aromatic heterocycles. The van der Waals surface area contributed by atoms with Crippen molar-refractivity contribution in [1.82, 2.24) is 4.90 Å². The molecule has 20 heavy (non-hydrogen) atoms. The summed E-state index contributed by atoms with van der Waals surface area (Å²) in [6.45, 7) is 8.22. The summed E-state index contributed by atoms with van der Waals surface area (Å²) in [7, 11) is 0. The normalized spacial score (nSPS) is 27.6. The Kier molecular flexibility index (Phi) is 3.85. The summed E-state index contributed by atoms with van der Waals surface area (Å²) in [5.74, 6) is 3.22. The van der Waals surface area contributed by atoms with E-state index in [2.05, 4.69) is 18.7 Å². The summed E-state index contributed by atoms with van der Waals surface area (Å²) < 4.78 is 10.8. The highest BCUT2D eigenvalue weighted by Crippen LogP contribution is 2.34. The molecule has 4 nitrogen and oxygen atoms in total. The minimum absolute atomic E-state index is 0.0325. The number of nitrogens with zero attached hydrogens (tertiary/aromatic N) is 1. The molecule has 1 fully saturated rings. The number of hydrogen-bond donors (Lipinski definition) is 1. The fourth-order valence-corrected chi connectivity index (χ4v) is 3.04. The van der Waals surface area contributed by atoms with Crippen molar-refractivity contribution in [3.8, 4) is 11.5 Å². The summed E-state index contributed by atoms with van der Waals surface area (Å²) in [6, 6.07) is 6.06. The van der Waals surface area contributed by atoms with E-state index in [-0.39, 0.29) is 6.04 Å². The van der Waals surface area contributed by atoms with Gasteiger partial charge in [-0.25, -0.2) is 0 Å². The third kappa shape index (κ3) is 2.76. The van der Waals surface area contributed by atoms with Crippen LogP contribution in [0.1, 0.15) is 31.9 Å². The Labute approximate surface area is 120 Å². The Bertz CT molecular complexity index is 478. The van der Waals surface area contributed by atoms with Crippen LogP contribution in [-0.2, 0) is 0 Å². The molecule has 3 unspecified atom stereocenters. The lowest BCUT2D eigenvalue weighted by Gasteiger charge is -2.36. The molecule has 2 aliphatic heterocycles. The molecule has 2 N–H and O–H groups in total. The van der Waals surface area contributed by atoms with Gasteiger partial charge in [-0.2, -0.15) is 0 Å². The van der Waals surface area contributed by atoms with Crippen molar-refractivity contribution < 1.29 is 9.47 Å². The lowest BCUT2D eigenvalue weighted by molar-refractivity contribution is 0.132. The predicted molar refractivity (Wildman–Crippen MR) is 78.9 cm³/mol. The molecule has 0 amide bonds. The zero-order valence-electron chi connectivity index (χ0n) is 12.3. The van der Waals surface area contributed by atoms with Crippen LogP contribution in [-0.4, -0.2) is 31.3 Å². The number of rotatable bonds is 3. The average molecular weight is 276 g/mol. The number of hydrogen-bond acceptors (Lipinski definition) is 4. The molecule has 2 aliphatic rings. The molecule has 1 saturated heterocycles. The van der Waals surface area contributed by atoms with Gasteiger partial charge in [0.25, 0.3) is 0 Å². The van der Waals surface area contributed by atoms with Crippen LogP contribution in [0.3, 0.4) is 0 Å². The van der Waals surface area contributed by atoms with Crippen molar-refractivity contribution in [1.29, 1.82) is 0 Å². The zero-order valence-corrected chi connectivity index (χ0v) is 12.3. The molecule has 3 atom stereocenters. The molecule has 3 rings (SSSR count). The first kappa shape index (κ1) is 13.7. The standard InChI is InChI=1S/C16H24N2O2/c1-11-5-6-18(8-12(11)2)9-14(17)13-3-4-15-16(7-13)20-10-19-15/h3-4,7,11-12,14H,5-6,8-10,17H2,1-2H3. The van der Waals surface area contributed by atoms with Crippen molar-refractivity contribution in [2.24, 2.45) is 17.6 Å². The largest absolute Gasteiger partial charge is 0.454 e. The van der Waals surface area contributed by atoms with E-state index in [9.17, 15) is 0 Å². The van der Waals surface area contributed by atoms with Gasteiger partial charge in [-0.3, -0.25) is 0 Å². The summed E-state index contributed by atoms with van der Waals surface area (Å²) >= 11 is 0. The highest BCUT2D eigenvalue weighted by atomic mass is 16.7. The van der Waals surface area contributed by atoms with Gasteiger partial charge in [0.2, 0.25) is 6.79 Å². The summed E-state index contributed by atoms with van der Waals surface area (Å²) in [4.78, 5) is 2.49. The molecule has 0 bridgehead atoms. The monoisotopic (exact) mass is 276 g/mol. The predicted octanol–water partition coefficient (Wildman–Crippen LogP) is 2.39. The van der Waals surface area contributed by atoms with E-state index < -0.39 is 0 Å². The molecule has 4 heteroatoms. The quantitative estimate of drug-likeness (QED) is 0.921. The second-order valence-electron chi connectivity index (χ2n) is 6.22. The van der Waals surface area contributed by atoms with E-state index in [0.29, 0.717) is 6.79 Å². The summed E-state index contributed by atoms with van der Waals surface area (Å²) in [6.07, 6.45) is 1.27. The van der Waals surface area contributed by atoms with E-state index in [1.54, 1.807) is 0 Å². The van der Waals surface area contributed by atoms with Crippen LogP contribution in [0.4, 0.5) is 0 Å². The van der Waals surface area contributed by atoms with Crippen LogP contribution in [0.25, 0.3) is 0 Å². The smallest absolute Gasteiger partial charge is 0.231 e. The topological polar surface area (TPSA) is 47.7 Å². The maximum atomic E-state index is 6.36. The number of fused-ring (bicyclic) bond motifs is 1. The minimum Gasteiger partial charge on any atom is -0.454 e. The Hall–Kier alpha value is -1.26. The molecule has 2 heterocycles. The first-order chi connectivity index (χ1) is 9.63. The number of likely N-dealkylation sites (tertiary alicyclic amines) is 1. The Morgan fingerprint density at radius 1 is 1.25 bits per heavy atom. The Morgan fingerprint density at radius 2 is 2.05 bits per heavy atom. The second-order valence-corrected chi connectivity index (χ2v) is 6.22. The van der Waals surface area contributed by atoms with E-state index in [4.69, 9.17) is 15.2 Å². The molecule has 0 aliphatic carbocycles. The molecule has 1 aromatic carbocycles. The molecule has 110 valence electrons. The highest BCUT2D eigenvalue weighted by Gasteiger charge is 2.24. The van der Waals surface area contributed by atoms with E-state index in [1.807, 2.05) is 18.2 Å². The lowest BCUT2D eigenvalue weighted by Crippen LogP contribution is -2.41. The molecule has 0 saturated carbocycles. The number of piperidine rings is 1. The van der Waals surface area contributed by atoms with Gasteiger partial charge in [-0.1, -0.05) is 19.9 Å². The maximum Gasteiger partial charge on any atom is 0.231 e. The minimum atomic E-state index is 0.0325. The molecule has 0 spiro atoms. The summed E-state index contributed by atoms with van der Waals surface area (Å²) in [5.41, 5.74) is 7.49. The molecule has 0 radical (unpaired) electrons. The highest BCUT2D eigenvalue weighted by molar-refractivity contribution is 5.45. The fourth-order valence-electron chi connectivity index (χ4n) is 3.04. The number of benzene rings is 1. The van der Waals surface area contributed by atoms with Gasteiger partial charge in [0, 0.05) is 19.1 Å². The van der Waals surface area contributed by atoms with Crippen LogP contribution in [0.5, 0.6) is 11.5 Å². The van der Waals surface area contributed by atoms with Gasteiger partial charge in [0.1, 0.15) is 0 Å². The van der Waals surface area contributed by atoms with Gasteiger partial charge in [0.05, 0.1) is 0 Å². The van der Waals surface area contributed by atoms with Gasteiger partial charge in [-0.05, 0) is 42.5 Å². The molecular weight excluding hydrogens is 252 g/mol. The first-order valence-corrected chi connectivity index (χ1v) is 7.51. The Morgan fingerprint density at radius 3 is 2.85 bits per heavy atom. The summed E-state index contributed by atoms with van der Waals surface area (Å²) in [5, 5.41) is 0. The number of nitrogens with two attached hydrogens (primary N) is 1. The van der Waals surface area contributed by atoms with Crippen molar-refractivity contribution in [3.05, 3.63) is 23.8 Å². The third-order valence-corrected chi connectivity index (χ3v) is 4.70. The van der Waals surface area contributed by atoms with Crippen LogP contribution >= 0.6 is 0 Å².